The van der Waals surface area contributed by atoms with Crippen LogP contribution >= 0.6 is 0 Å². The first kappa shape index (κ1) is 13.9. The average molecular weight is 289 g/mol. The van der Waals surface area contributed by atoms with E-state index in [2.05, 4.69) is 25.0 Å². The van der Waals surface area contributed by atoms with E-state index < -0.39 is 0 Å². The average Bonchev–Trinajstić information content (AvgIpc) is 2.92. The third-order valence-electron chi connectivity index (χ3n) is 3.54. The van der Waals surface area contributed by atoms with E-state index in [4.69, 9.17) is 9.26 Å². The van der Waals surface area contributed by atoms with E-state index in [9.17, 15) is 0 Å². The quantitative estimate of drug-likeness (QED) is 0.824. The topological polar surface area (TPSA) is 77.2 Å². The summed E-state index contributed by atoms with van der Waals surface area (Å²) in [6, 6.07) is 0. The Balaban J connectivity index is 1.49. The second kappa shape index (κ2) is 6.62. The van der Waals surface area contributed by atoms with Crippen molar-refractivity contribution in [2.75, 3.05) is 19.7 Å². The maximum atomic E-state index is 5.70. The van der Waals surface area contributed by atoms with Crippen molar-refractivity contribution < 1.29 is 9.26 Å². The van der Waals surface area contributed by atoms with E-state index in [-0.39, 0.29) is 0 Å². The molecule has 0 aromatic carbocycles. The molecule has 1 unspecified atom stereocenters. The van der Waals surface area contributed by atoms with Crippen LogP contribution in [0, 0.1) is 12.8 Å². The number of rotatable bonds is 5. The van der Waals surface area contributed by atoms with Crippen LogP contribution in [0.3, 0.4) is 0 Å². The van der Waals surface area contributed by atoms with Gasteiger partial charge < -0.3 is 9.26 Å². The Hall–Kier alpha value is -2.02. The van der Waals surface area contributed by atoms with E-state index >= 15 is 0 Å². The van der Waals surface area contributed by atoms with Crippen LogP contribution in [0.4, 0.5) is 0 Å². The van der Waals surface area contributed by atoms with E-state index in [1.165, 1.54) is 6.42 Å². The second-order valence-corrected chi connectivity index (χ2v) is 5.33. The fourth-order valence-corrected chi connectivity index (χ4v) is 2.60. The summed E-state index contributed by atoms with van der Waals surface area (Å²) in [5.74, 6) is 2.45. The fourth-order valence-electron chi connectivity index (χ4n) is 2.60. The fraction of sp³-hybridized carbons (Fsp3) is 0.571. The molecule has 21 heavy (non-hydrogen) atoms. The number of ether oxygens (including phenoxy) is 1. The van der Waals surface area contributed by atoms with Gasteiger partial charge in [-0.15, -0.1) is 0 Å². The maximum absolute atomic E-state index is 5.70. The minimum atomic E-state index is 0.494. The molecule has 0 saturated carbocycles. The summed E-state index contributed by atoms with van der Waals surface area (Å²) in [5.41, 5.74) is 0. The van der Waals surface area contributed by atoms with Gasteiger partial charge >= 0.3 is 0 Å². The summed E-state index contributed by atoms with van der Waals surface area (Å²) < 4.78 is 10.7. The van der Waals surface area contributed by atoms with Gasteiger partial charge in [-0.3, -0.25) is 9.88 Å². The van der Waals surface area contributed by atoms with Crippen molar-refractivity contribution in [2.24, 2.45) is 5.92 Å². The molecule has 0 spiro atoms. The van der Waals surface area contributed by atoms with Gasteiger partial charge in [0.05, 0.1) is 19.3 Å². The first-order valence-corrected chi connectivity index (χ1v) is 7.20. The van der Waals surface area contributed by atoms with Crippen molar-refractivity contribution in [1.82, 2.24) is 25.0 Å². The van der Waals surface area contributed by atoms with Crippen molar-refractivity contribution in [1.29, 1.82) is 0 Å². The second-order valence-electron chi connectivity index (χ2n) is 5.33. The Morgan fingerprint density at radius 3 is 3.14 bits per heavy atom. The Kier molecular flexibility index (Phi) is 4.40. The summed E-state index contributed by atoms with van der Waals surface area (Å²) in [6.07, 6.45) is 7.25. The minimum Gasteiger partial charge on any atom is -0.476 e. The lowest BCUT2D eigenvalue weighted by Crippen LogP contribution is -2.37. The first-order chi connectivity index (χ1) is 10.3. The molecule has 2 aromatic heterocycles. The third-order valence-corrected chi connectivity index (χ3v) is 3.54. The molecule has 1 aliphatic heterocycles. The van der Waals surface area contributed by atoms with Gasteiger partial charge in [-0.2, -0.15) is 4.98 Å². The van der Waals surface area contributed by atoms with Crippen molar-refractivity contribution in [3.05, 3.63) is 30.3 Å². The Bertz CT molecular complexity index is 560. The van der Waals surface area contributed by atoms with E-state index in [0.717, 1.165) is 31.9 Å². The zero-order chi connectivity index (χ0) is 14.5. The highest BCUT2D eigenvalue weighted by molar-refractivity contribution is 5.01. The number of nitrogens with zero attached hydrogens (tertiary/aromatic N) is 5. The molecule has 0 N–H and O–H groups in total. The SMILES string of the molecule is Cc1nc(CN2CCCC(COc3cnccn3)C2)no1. The zero-order valence-corrected chi connectivity index (χ0v) is 12.1. The van der Waals surface area contributed by atoms with Gasteiger partial charge in [-0.1, -0.05) is 5.16 Å². The highest BCUT2D eigenvalue weighted by Crippen LogP contribution is 2.19. The molecular weight excluding hydrogens is 270 g/mol. The predicted octanol–water partition coefficient (Wildman–Crippen LogP) is 1.46. The van der Waals surface area contributed by atoms with Crippen LogP contribution in [0.25, 0.3) is 0 Å². The van der Waals surface area contributed by atoms with Crippen molar-refractivity contribution >= 4 is 0 Å². The van der Waals surface area contributed by atoms with Gasteiger partial charge in [0, 0.05) is 31.8 Å². The highest BCUT2D eigenvalue weighted by Gasteiger charge is 2.22. The molecule has 1 saturated heterocycles. The smallest absolute Gasteiger partial charge is 0.232 e. The monoisotopic (exact) mass is 289 g/mol. The normalized spacial score (nSPS) is 19.6. The molecule has 3 rings (SSSR count). The number of hydrogen-bond acceptors (Lipinski definition) is 7. The molecule has 1 atom stereocenters. The summed E-state index contributed by atoms with van der Waals surface area (Å²) in [6.45, 7) is 5.26. The van der Waals surface area contributed by atoms with E-state index in [1.54, 1.807) is 18.6 Å². The predicted molar refractivity (Wildman–Crippen MR) is 74.6 cm³/mol. The third kappa shape index (κ3) is 3.98. The molecule has 2 aromatic rings. The molecular formula is C14H19N5O2. The van der Waals surface area contributed by atoms with Crippen LogP contribution in [0.15, 0.2) is 23.1 Å². The maximum Gasteiger partial charge on any atom is 0.232 e. The molecule has 0 radical (unpaired) electrons. The lowest BCUT2D eigenvalue weighted by molar-refractivity contribution is 0.120. The summed E-state index contributed by atoms with van der Waals surface area (Å²) in [7, 11) is 0. The lowest BCUT2D eigenvalue weighted by atomic mass is 9.99. The van der Waals surface area contributed by atoms with Crippen molar-refractivity contribution in [2.45, 2.75) is 26.3 Å². The molecule has 3 heterocycles. The van der Waals surface area contributed by atoms with Gasteiger partial charge in [0.15, 0.2) is 5.82 Å². The number of aromatic nitrogens is 4. The first-order valence-electron chi connectivity index (χ1n) is 7.20. The lowest BCUT2D eigenvalue weighted by Gasteiger charge is -2.31. The number of hydrogen-bond donors (Lipinski definition) is 0. The molecule has 7 nitrogen and oxygen atoms in total. The number of piperidine rings is 1. The van der Waals surface area contributed by atoms with Gasteiger partial charge in [0.1, 0.15) is 0 Å². The van der Waals surface area contributed by atoms with Crippen LogP contribution < -0.4 is 4.74 Å². The van der Waals surface area contributed by atoms with Gasteiger partial charge in [0.2, 0.25) is 11.8 Å². The molecule has 0 bridgehead atoms. The molecule has 0 amide bonds. The minimum absolute atomic E-state index is 0.494. The summed E-state index contributed by atoms with van der Waals surface area (Å²) in [4.78, 5) is 14.7. The number of likely N-dealkylation sites (tertiary alicyclic amines) is 1. The van der Waals surface area contributed by atoms with Crippen LogP contribution in [-0.4, -0.2) is 44.7 Å². The molecule has 0 aliphatic carbocycles. The summed E-state index contributed by atoms with van der Waals surface area (Å²) >= 11 is 0. The molecule has 7 heteroatoms. The highest BCUT2D eigenvalue weighted by atomic mass is 16.5. The van der Waals surface area contributed by atoms with Crippen LogP contribution in [0.1, 0.15) is 24.6 Å². The van der Waals surface area contributed by atoms with Gasteiger partial charge in [0.25, 0.3) is 0 Å². The van der Waals surface area contributed by atoms with Gasteiger partial charge in [-0.05, 0) is 19.4 Å². The number of aryl methyl sites for hydroxylation is 1. The van der Waals surface area contributed by atoms with Gasteiger partial charge in [-0.25, -0.2) is 4.98 Å². The zero-order valence-electron chi connectivity index (χ0n) is 12.1. The van der Waals surface area contributed by atoms with Crippen LogP contribution in [0.2, 0.25) is 0 Å². The van der Waals surface area contributed by atoms with Crippen molar-refractivity contribution in [3.63, 3.8) is 0 Å². The molecule has 1 aliphatic rings. The van der Waals surface area contributed by atoms with Crippen LogP contribution in [0.5, 0.6) is 5.88 Å². The molecule has 1 fully saturated rings. The Labute approximate surface area is 123 Å². The Morgan fingerprint density at radius 1 is 1.43 bits per heavy atom. The van der Waals surface area contributed by atoms with E-state index in [1.807, 2.05) is 6.92 Å². The van der Waals surface area contributed by atoms with Crippen molar-refractivity contribution in [3.8, 4) is 5.88 Å². The van der Waals surface area contributed by atoms with E-state index in [0.29, 0.717) is 24.3 Å². The molecule has 112 valence electrons. The van der Waals surface area contributed by atoms with Crippen LogP contribution in [-0.2, 0) is 6.54 Å². The summed E-state index contributed by atoms with van der Waals surface area (Å²) in [5, 5.41) is 3.95. The Morgan fingerprint density at radius 2 is 2.38 bits per heavy atom. The standard InChI is InChI=1S/C14H19N5O2/c1-11-17-13(18-21-11)9-19-6-2-3-12(8-19)10-20-14-7-15-4-5-16-14/h4-5,7,12H,2-3,6,8-10H2,1H3. The largest absolute Gasteiger partial charge is 0.476 e.